The van der Waals surface area contributed by atoms with Crippen molar-refractivity contribution in [2.45, 2.75) is 26.2 Å². The predicted octanol–water partition coefficient (Wildman–Crippen LogP) is 4.39. The van der Waals surface area contributed by atoms with E-state index in [2.05, 4.69) is 23.0 Å². The van der Waals surface area contributed by atoms with E-state index in [9.17, 15) is 0 Å². The summed E-state index contributed by atoms with van der Waals surface area (Å²) >= 11 is 1.66. The third-order valence-corrected chi connectivity index (χ3v) is 4.19. The van der Waals surface area contributed by atoms with Crippen LogP contribution in [0.25, 0.3) is 22.0 Å². The van der Waals surface area contributed by atoms with Gasteiger partial charge in [0.05, 0.1) is 16.8 Å². The Balaban J connectivity index is 2.18. The van der Waals surface area contributed by atoms with Crippen molar-refractivity contribution >= 4 is 17.3 Å². The zero-order valence-electron chi connectivity index (χ0n) is 11.9. The summed E-state index contributed by atoms with van der Waals surface area (Å²) in [5.41, 5.74) is 8.76. The van der Waals surface area contributed by atoms with Crippen LogP contribution in [0.2, 0.25) is 0 Å². The number of nitrogens with two attached hydrogens (primary N) is 1. The maximum absolute atomic E-state index is 5.91. The molecule has 0 amide bonds. The van der Waals surface area contributed by atoms with Crippen LogP contribution < -0.4 is 5.73 Å². The third-order valence-electron chi connectivity index (χ3n) is 3.31. The van der Waals surface area contributed by atoms with Gasteiger partial charge >= 0.3 is 0 Å². The highest BCUT2D eigenvalue weighted by Crippen LogP contribution is 2.34. The lowest BCUT2D eigenvalue weighted by atomic mass is 10.0. The first kappa shape index (κ1) is 13.8. The molecule has 3 rings (SSSR count). The average molecular weight is 299 g/mol. The number of nitrogens with zero attached hydrogens (tertiary/aromatic N) is 2. The fourth-order valence-electron chi connectivity index (χ4n) is 2.33. The van der Waals surface area contributed by atoms with Gasteiger partial charge in [-0.3, -0.25) is 0 Å². The van der Waals surface area contributed by atoms with E-state index < -0.39 is 0 Å². The van der Waals surface area contributed by atoms with Crippen molar-refractivity contribution in [3.63, 3.8) is 0 Å². The number of hydrogen-bond acceptors (Lipinski definition) is 5. The van der Waals surface area contributed by atoms with Crippen molar-refractivity contribution in [1.82, 2.24) is 9.97 Å². The van der Waals surface area contributed by atoms with Crippen molar-refractivity contribution in [2.24, 2.45) is 0 Å². The molecule has 108 valence electrons. The van der Waals surface area contributed by atoms with Crippen LogP contribution in [0.4, 0.5) is 5.95 Å². The fourth-order valence-corrected chi connectivity index (χ4v) is 3.07. The van der Waals surface area contributed by atoms with E-state index in [1.807, 2.05) is 23.6 Å². The van der Waals surface area contributed by atoms with E-state index in [1.165, 1.54) is 0 Å². The molecule has 0 unspecified atom stereocenters. The van der Waals surface area contributed by atoms with Crippen molar-refractivity contribution in [2.75, 3.05) is 5.73 Å². The van der Waals surface area contributed by atoms with E-state index in [1.54, 1.807) is 17.6 Å². The number of thiophene rings is 1. The Hall–Kier alpha value is -2.14. The number of anilines is 1. The molecule has 0 saturated heterocycles. The van der Waals surface area contributed by atoms with Gasteiger partial charge in [-0.15, -0.1) is 11.3 Å². The Morgan fingerprint density at radius 2 is 2.05 bits per heavy atom. The Morgan fingerprint density at radius 3 is 2.71 bits per heavy atom. The summed E-state index contributed by atoms with van der Waals surface area (Å²) in [4.78, 5) is 10.0. The average Bonchev–Trinajstić information content (AvgIpc) is 3.18. The standard InChI is InChI=1S/C16H17N3OS/c1-2-3-6-11-14(12-7-4-9-20-12)18-16(17)19-15(11)13-8-5-10-21-13/h4-5,7-10H,2-3,6H2,1H3,(H2,17,18,19). The van der Waals surface area contributed by atoms with Crippen LogP contribution in [-0.4, -0.2) is 9.97 Å². The van der Waals surface area contributed by atoms with E-state index >= 15 is 0 Å². The van der Waals surface area contributed by atoms with Crippen molar-refractivity contribution in [3.8, 4) is 22.0 Å². The van der Waals surface area contributed by atoms with E-state index in [0.717, 1.165) is 46.9 Å². The molecule has 0 aliphatic rings. The van der Waals surface area contributed by atoms with Crippen molar-refractivity contribution < 1.29 is 4.42 Å². The summed E-state index contributed by atoms with van der Waals surface area (Å²) in [6.45, 7) is 2.18. The van der Waals surface area contributed by atoms with Gasteiger partial charge in [0.25, 0.3) is 0 Å². The summed E-state index contributed by atoms with van der Waals surface area (Å²) < 4.78 is 5.53. The first-order chi connectivity index (χ1) is 10.3. The quantitative estimate of drug-likeness (QED) is 0.758. The second-order valence-corrected chi connectivity index (χ2v) is 5.76. The first-order valence-electron chi connectivity index (χ1n) is 7.03. The molecule has 0 aromatic carbocycles. The highest BCUT2D eigenvalue weighted by atomic mass is 32.1. The van der Waals surface area contributed by atoms with Gasteiger partial charge in [-0.25, -0.2) is 9.97 Å². The lowest BCUT2D eigenvalue weighted by Gasteiger charge is -2.12. The van der Waals surface area contributed by atoms with E-state index in [4.69, 9.17) is 10.2 Å². The summed E-state index contributed by atoms with van der Waals surface area (Å²) in [6.07, 6.45) is 4.77. The van der Waals surface area contributed by atoms with Crippen LogP contribution in [-0.2, 0) is 6.42 Å². The molecule has 0 aliphatic heterocycles. The van der Waals surface area contributed by atoms with Gasteiger partial charge in [-0.1, -0.05) is 19.4 Å². The molecule has 0 saturated carbocycles. The summed E-state index contributed by atoms with van der Waals surface area (Å²) in [5.74, 6) is 1.03. The Morgan fingerprint density at radius 1 is 1.19 bits per heavy atom. The Bertz CT molecular complexity index is 650. The van der Waals surface area contributed by atoms with Crippen LogP contribution in [0.1, 0.15) is 25.3 Å². The molecule has 21 heavy (non-hydrogen) atoms. The van der Waals surface area contributed by atoms with Crippen LogP contribution >= 0.6 is 11.3 Å². The van der Waals surface area contributed by atoms with Crippen molar-refractivity contribution in [1.29, 1.82) is 0 Å². The monoisotopic (exact) mass is 299 g/mol. The highest BCUT2D eigenvalue weighted by molar-refractivity contribution is 7.13. The number of unbranched alkanes of at least 4 members (excludes halogenated alkanes) is 1. The molecule has 0 spiro atoms. The largest absolute Gasteiger partial charge is 0.463 e. The van der Waals surface area contributed by atoms with Gasteiger partial charge in [-0.05, 0) is 36.4 Å². The SMILES string of the molecule is CCCCc1c(-c2ccco2)nc(N)nc1-c1cccs1. The third kappa shape index (κ3) is 2.83. The molecule has 3 heterocycles. The Kier molecular flexibility index (Phi) is 4.01. The molecular formula is C16H17N3OS. The van der Waals surface area contributed by atoms with Gasteiger partial charge in [0, 0.05) is 5.56 Å². The van der Waals surface area contributed by atoms with Gasteiger partial charge in [-0.2, -0.15) is 0 Å². The molecule has 4 nitrogen and oxygen atoms in total. The summed E-state index contributed by atoms with van der Waals surface area (Å²) in [5, 5.41) is 2.05. The number of aromatic nitrogens is 2. The van der Waals surface area contributed by atoms with Crippen molar-refractivity contribution in [3.05, 3.63) is 41.5 Å². The lowest BCUT2D eigenvalue weighted by molar-refractivity contribution is 0.578. The topological polar surface area (TPSA) is 64.9 Å². The summed E-state index contributed by atoms with van der Waals surface area (Å²) in [7, 11) is 0. The van der Waals surface area contributed by atoms with Gasteiger partial charge in [0.1, 0.15) is 5.69 Å². The Labute approximate surface area is 127 Å². The second-order valence-electron chi connectivity index (χ2n) is 4.82. The minimum Gasteiger partial charge on any atom is -0.463 e. The van der Waals surface area contributed by atoms with Crippen LogP contribution in [0.5, 0.6) is 0 Å². The minimum atomic E-state index is 0.282. The van der Waals surface area contributed by atoms with Crippen LogP contribution in [0.15, 0.2) is 40.3 Å². The van der Waals surface area contributed by atoms with E-state index in [-0.39, 0.29) is 5.95 Å². The highest BCUT2D eigenvalue weighted by Gasteiger charge is 2.18. The number of nitrogen functional groups attached to an aromatic ring is 1. The number of furan rings is 1. The molecule has 0 aliphatic carbocycles. The fraction of sp³-hybridized carbons (Fsp3) is 0.250. The molecule has 0 radical (unpaired) electrons. The smallest absolute Gasteiger partial charge is 0.221 e. The van der Waals surface area contributed by atoms with Crippen LogP contribution in [0, 0.1) is 0 Å². The van der Waals surface area contributed by atoms with Gasteiger partial charge in [0.15, 0.2) is 5.76 Å². The molecule has 0 fully saturated rings. The number of rotatable bonds is 5. The second kappa shape index (κ2) is 6.10. The molecule has 0 atom stereocenters. The molecule has 3 aromatic heterocycles. The van der Waals surface area contributed by atoms with Gasteiger partial charge in [0.2, 0.25) is 5.95 Å². The maximum Gasteiger partial charge on any atom is 0.221 e. The molecular weight excluding hydrogens is 282 g/mol. The molecule has 5 heteroatoms. The first-order valence-corrected chi connectivity index (χ1v) is 7.91. The number of hydrogen-bond donors (Lipinski definition) is 1. The maximum atomic E-state index is 5.91. The minimum absolute atomic E-state index is 0.282. The molecule has 2 N–H and O–H groups in total. The van der Waals surface area contributed by atoms with Crippen LogP contribution in [0.3, 0.4) is 0 Å². The predicted molar refractivity (Wildman–Crippen MR) is 86.1 cm³/mol. The van der Waals surface area contributed by atoms with Gasteiger partial charge < -0.3 is 10.2 Å². The lowest BCUT2D eigenvalue weighted by Crippen LogP contribution is -2.04. The molecule has 3 aromatic rings. The van der Waals surface area contributed by atoms with E-state index in [0.29, 0.717) is 0 Å². The zero-order valence-corrected chi connectivity index (χ0v) is 12.7. The summed E-state index contributed by atoms with van der Waals surface area (Å²) in [6, 6.07) is 7.86. The molecule has 0 bridgehead atoms. The zero-order chi connectivity index (χ0) is 14.7. The normalized spacial score (nSPS) is 10.9.